The first-order valence-corrected chi connectivity index (χ1v) is 5.09. The number of ether oxygens (including phenoxy) is 1. The maximum atomic E-state index is 11.7. The molecule has 88 valence electrons. The van der Waals surface area contributed by atoms with E-state index in [1.807, 2.05) is 0 Å². The van der Waals surface area contributed by atoms with Gasteiger partial charge in [-0.15, -0.1) is 0 Å². The number of rotatable bonds is 2. The summed E-state index contributed by atoms with van der Waals surface area (Å²) in [5.41, 5.74) is 0. The fourth-order valence-corrected chi connectivity index (χ4v) is 2.49. The number of aliphatic hydroxyl groups excluding tert-OH is 1. The Hall–Kier alpha value is -1.43. The standard InChI is InChI=1S/C10H13NO5/c1-4(12)7-5-3-6(13)8(10(15)16-2)11(5)9(7)14/h4-5,7-8,12H,3H2,1-2H3. The molecule has 1 amide bonds. The van der Waals surface area contributed by atoms with Crippen LogP contribution in [-0.4, -0.2) is 53.0 Å². The number of amides is 1. The van der Waals surface area contributed by atoms with Gasteiger partial charge >= 0.3 is 5.97 Å². The summed E-state index contributed by atoms with van der Waals surface area (Å²) in [7, 11) is 1.18. The second-order valence-corrected chi connectivity index (χ2v) is 4.18. The van der Waals surface area contributed by atoms with Crippen molar-refractivity contribution in [2.75, 3.05) is 7.11 Å². The lowest BCUT2D eigenvalue weighted by Crippen LogP contribution is -2.64. The van der Waals surface area contributed by atoms with E-state index < -0.39 is 24.0 Å². The minimum absolute atomic E-state index is 0.126. The van der Waals surface area contributed by atoms with Crippen molar-refractivity contribution in [1.82, 2.24) is 4.90 Å². The molecule has 4 atom stereocenters. The molecule has 16 heavy (non-hydrogen) atoms. The third-order valence-corrected chi connectivity index (χ3v) is 3.25. The Morgan fingerprint density at radius 2 is 2.19 bits per heavy atom. The number of nitrogens with zero attached hydrogens (tertiary/aromatic N) is 1. The van der Waals surface area contributed by atoms with Crippen LogP contribution in [0, 0.1) is 5.92 Å². The van der Waals surface area contributed by atoms with Gasteiger partial charge in [-0.25, -0.2) is 4.79 Å². The first-order chi connectivity index (χ1) is 7.49. The van der Waals surface area contributed by atoms with Crippen molar-refractivity contribution in [1.29, 1.82) is 0 Å². The Labute approximate surface area is 92.2 Å². The third kappa shape index (κ3) is 1.26. The van der Waals surface area contributed by atoms with Crippen LogP contribution in [0.5, 0.6) is 0 Å². The topological polar surface area (TPSA) is 83.9 Å². The molecule has 6 heteroatoms. The van der Waals surface area contributed by atoms with E-state index in [9.17, 15) is 19.5 Å². The zero-order valence-electron chi connectivity index (χ0n) is 9.04. The van der Waals surface area contributed by atoms with E-state index in [-0.39, 0.29) is 24.2 Å². The lowest BCUT2D eigenvalue weighted by molar-refractivity contribution is -0.171. The van der Waals surface area contributed by atoms with E-state index in [1.54, 1.807) is 0 Å². The third-order valence-electron chi connectivity index (χ3n) is 3.25. The molecule has 0 aliphatic carbocycles. The highest BCUT2D eigenvalue weighted by Gasteiger charge is 2.61. The highest BCUT2D eigenvalue weighted by Crippen LogP contribution is 2.39. The summed E-state index contributed by atoms with van der Waals surface area (Å²) >= 11 is 0. The van der Waals surface area contributed by atoms with Crippen LogP contribution in [0.4, 0.5) is 0 Å². The van der Waals surface area contributed by atoms with E-state index in [1.165, 1.54) is 18.9 Å². The first kappa shape index (κ1) is 11.1. The number of hydrogen-bond acceptors (Lipinski definition) is 5. The van der Waals surface area contributed by atoms with Crippen molar-refractivity contribution >= 4 is 17.7 Å². The van der Waals surface area contributed by atoms with Gasteiger partial charge in [0.25, 0.3) is 0 Å². The van der Waals surface area contributed by atoms with Crippen LogP contribution in [-0.2, 0) is 19.1 Å². The van der Waals surface area contributed by atoms with Crippen LogP contribution in [0.1, 0.15) is 13.3 Å². The molecule has 0 aromatic rings. The van der Waals surface area contributed by atoms with Gasteiger partial charge in [-0.2, -0.15) is 0 Å². The molecular weight excluding hydrogens is 214 g/mol. The number of β-lactam (4-membered cyclic amide) rings is 1. The van der Waals surface area contributed by atoms with Gasteiger partial charge in [0.05, 0.1) is 25.2 Å². The number of fused-ring (bicyclic) bond motifs is 1. The van der Waals surface area contributed by atoms with Crippen LogP contribution in [0.2, 0.25) is 0 Å². The summed E-state index contributed by atoms with van der Waals surface area (Å²) in [6.07, 6.45) is -0.668. The number of carbonyl (C=O) groups excluding carboxylic acids is 3. The molecule has 2 aliphatic rings. The van der Waals surface area contributed by atoms with Gasteiger partial charge in [0.15, 0.2) is 11.8 Å². The number of Topliss-reactive ketones (excluding diaryl/α,β-unsaturated/α-hetero) is 1. The lowest BCUT2D eigenvalue weighted by Gasteiger charge is -2.45. The molecule has 0 aromatic heterocycles. The molecule has 0 aromatic carbocycles. The van der Waals surface area contributed by atoms with Gasteiger partial charge in [-0.1, -0.05) is 0 Å². The van der Waals surface area contributed by atoms with Gasteiger partial charge in [-0.05, 0) is 6.92 Å². The molecule has 0 radical (unpaired) electrons. The van der Waals surface area contributed by atoms with Crippen LogP contribution in [0.15, 0.2) is 0 Å². The maximum Gasteiger partial charge on any atom is 0.336 e. The van der Waals surface area contributed by atoms with Crippen molar-refractivity contribution in [3.8, 4) is 0 Å². The predicted octanol–water partition coefficient (Wildman–Crippen LogP) is -1.29. The van der Waals surface area contributed by atoms with Gasteiger partial charge in [-0.3, -0.25) is 9.59 Å². The molecule has 6 nitrogen and oxygen atoms in total. The fourth-order valence-electron chi connectivity index (χ4n) is 2.49. The Kier molecular flexibility index (Phi) is 2.46. The molecule has 0 saturated carbocycles. The maximum absolute atomic E-state index is 11.7. The van der Waals surface area contributed by atoms with Crippen molar-refractivity contribution in [2.24, 2.45) is 5.92 Å². The smallest absolute Gasteiger partial charge is 0.336 e. The Balaban J connectivity index is 2.21. The summed E-state index contributed by atoms with van der Waals surface area (Å²) in [6, 6.07) is -1.44. The average molecular weight is 227 g/mol. The normalized spacial score (nSPS) is 34.4. The molecule has 4 unspecified atom stereocenters. The van der Waals surface area contributed by atoms with Gasteiger partial charge in [0.1, 0.15) is 0 Å². The first-order valence-electron chi connectivity index (χ1n) is 5.09. The van der Waals surface area contributed by atoms with Crippen molar-refractivity contribution < 1.29 is 24.2 Å². The molecule has 2 aliphatic heterocycles. The largest absolute Gasteiger partial charge is 0.467 e. The predicted molar refractivity (Wildman–Crippen MR) is 51.2 cm³/mol. The summed E-state index contributed by atoms with van der Waals surface area (Å²) in [5.74, 6) is -1.92. The van der Waals surface area contributed by atoms with Crippen LogP contribution in [0.25, 0.3) is 0 Å². The second kappa shape index (κ2) is 3.55. The molecule has 0 spiro atoms. The van der Waals surface area contributed by atoms with Crippen LogP contribution >= 0.6 is 0 Å². The summed E-state index contributed by atoms with van der Waals surface area (Å²) < 4.78 is 4.49. The quantitative estimate of drug-likeness (QED) is 0.360. The van der Waals surface area contributed by atoms with E-state index >= 15 is 0 Å². The Bertz CT molecular complexity index is 364. The molecule has 2 heterocycles. The lowest BCUT2D eigenvalue weighted by atomic mass is 9.84. The summed E-state index contributed by atoms with van der Waals surface area (Å²) in [6.45, 7) is 1.51. The van der Waals surface area contributed by atoms with Crippen LogP contribution < -0.4 is 0 Å². The molecular formula is C10H13NO5. The fraction of sp³-hybridized carbons (Fsp3) is 0.700. The van der Waals surface area contributed by atoms with Gasteiger partial charge in [0, 0.05) is 6.42 Å². The number of esters is 1. The molecule has 2 rings (SSSR count). The number of methoxy groups -OCH3 is 1. The van der Waals surface area contributed by atoms with E-state index in [4.69, 9.17) is 0 Å². The highest BCUT2D eigenvalue weighted by molar-refractivity contribution is 6.11. The Morgan fingerprint density at radius 1 is 1.56 bits per heavy atom. The van der Waals surface area contributed by atoms with E-state index in [0.29, 0.717) is 0 Å². The molecule has 1 N–H and O–H groups in total. The zero-order chi connectivity index (χ0) is 12.0. The minimum Gasteiger partial charge on any atom is -0.467 e. The number of hydrogen-bond donors (Lipinski definition) is 1. The van der Waals surface area contributed by atoms with Crippen molar-refractivity contribution in [2.45, 2.75) is 31.5 Å². The number of carbonyl (C=O) groups is 3. The summed E-state index contributed by atoms with van der Waals surface area (Å²) in [4.78, 5) is 35.8. The molecule has 2 fully saturated rings. The molecule has 0 bridgehead atoms. The minimum atomic E-state index is -1.10. The van der Waals surface area contributed by atoms with Crippen LogP contribution in [0.3, 0.4) is 0 Å². The average Bonchev–Trinajstić information content (AvgIpc) is 2.50. The number of aliphatic hydroxyl groups is 1. The highest BCUT2D eigenvalue weighted by atomic mass is 16.5. The van der Waals surface area contributed by atoms with E-state index in [2.05, 4.69) is 4.74 Å². The van der Waals surface area contributed by atoms with E-state index in [0.717, 1.165) is 0 Å². The Morgan fingerprint density at radius 3 is 2.69 bits per heavy atom. The SMILES string of the molecule is COC(=O)C1C(=O)CC2C(C(C)O)C(=O)N12. The monoisotopic (exact) mass is 227 g/mol. The van der Waals surface area contributed by atoms with Gasteiger partial charge < -0.3 is 14.7 Å². The number of ketones is 1. The summed E-state index contributed by atoms with van der Waals surface area (Å²) in [5, 5.41) is 9.38. The second-order valence-electron chi connectivity index (χ2n) is 4.18. The van der Waals surface area contributed by atoms with Crippen molar-refractivity contribution in [3.63, 3.8) is 0 Å². The molecule has 2 saturated heterocycles. The van der Waals surface area contributed by atoms with Gasteiger partial charge in [0.2, 0.25) is 5.91 Å². The van der Waals surface area contributed by atoms with Crippen molar-refractivity contribution in [3.05, 3.63) is 0 Å². The zero-order valence-corrected chi connectivity index (χ0v) is 9.04.